The highest BCUT2D eigenvalue weighted by Gasteiger charge is 2.32. The highest BCUT2D eigenvalue weighted by molar-refractivity contribution is 5.78. The standard InChI is InChI=1S/C19H27FN2O4/c20-16-2-4-17(5-3-16)26-15-19(24)6-1-8-22(9-7-19)18(23)14-21-10-12-25-13-11-21/h2-5,24H,1,6-15H2. The molecule has 1 unspecified atom stereocenters. The van der Waals surface area contributed by atoms with Crippen LogP contribution in [0, 0.1) is 5.82 Å². The van der Waals surface area contributed by atoms with E-state index in [4.69, 9.17) is 9.47 Å². The minimum atomic E-state index is -0.970. The Labute approximate surface area is 153 Å². The lowest BCUT2D eigenvalue weighted by atomic mass is 9.96. The molecule has 2 heterocycles. The summed E-state index contributed by atoms with van der Waals surface area (Å²) in [4.78, 5) is 16.5. The van der Waals surface area contributed by atoms with Crippen LogP contribution in [0.3, 0.4) is 0 Å². The Morgan fingerprint density at radius 2 is 1.88 bits per heavy atom. The van der Waals surface area contributed by atoms with Gasteiger partial charge in [-0.25, -0.2) is 4.39 Å². The van der Waals surface area contributed by atoms with Gasteiger partial charge >= 0.3 is 0 Å². The summed E-state index contributed by atoms with van der Waals surface area (Å²) in [7, 11) is 0. The van der Waals surface area contributed by atoms with Crippen molar-refractivity contribution in [3.63, 3.8) is 0 Å². The molecule has 1 amide bonds. The molecule has 0 radical (unpaired) electrons. The molecular formula is C19H27FN2O4. The number of carbonyl (C=O) groups excluding carboxylic acids is 1. The van der Waals surface area contributed by atoms with E-state index in [0.717, 1.165) is 19.5 Å². The fourth-order valence-corrected chi connectivity index (χ4v) is 3.37. The van der Waals surface area contributed by atoms with Gasteiger partial charge in [0.15, 0.2) is 0 Å². The molecule has 2 fully saturated rings. The molecule has 0 aromatic heterocycles. The van der Waals surface area contributed by atoms with Crippen molar-refractivity contribution in [3.05, 3.63) is 30.1 Å². The maximum absolute atomic E-state index is 12.9. The van der Waals surface area contributed by atoms with Crippen LogP contribution in [-0.2, 0) is 9.53 Å². The summed E-state index contributed by atoms with van der Waals surface area (Å²) >= 11 is 0. The number of aliphatic hydroxyl groups is 1. The van der Waals surface area contributed by atoms with Crippen LogP contribution in [0.15, 0.2) is 24.3 Å². The van der Waals surface area contributed by atoms with Gasteiger partial charge in [-0.3, -0.25) is 9.69 Å². The molecule has 2 aliphatic rings. The molecule has 0 spiro atoms. The van der Waals surface area contributed by atoms with Crippen molar-refractivity contribution in [1.82, 2.24) is 9.80 Å². The lowest BCUT2D eigenvalue weighted by Gasteiger charge is -2.29. The highest BCUT2D eigenvalue weighted by atomic mass is 19.1. The van der Waals surface area contributed by atoms with Crippen molar-refractivity contribution >= 4 is 5.91 Å². The normalized spacial score (nSPS) is 24.9. The second-order valence-electron chi connectivity index (χ2n) is 7.09. The summed E-state index contributed by atoms with van der Waals surface area (Å²) in [5.74, 6) is 0.319. The molecule has 2 aliphatic heterocycles. The Balaban J connectivity index is 1.48. The van der Waals surface area contributed by atoms with Crippen LogP contribution in [-0.4, -0.2) is 79.0 Å². The molecule has 1 aromatic rings. The number of hydrogen-bond donors (Lipinski definition) is 1. The summed E-state index contributed by atoms with van der Waals surface area (Å²) in [6, 6.07) is 5.76. The third kappa shape index (κ3) is 5.40. The number of ether oxygens (including phenoxy) is 2. The second kappa shape index (κ2) is 8.79. The number of likely N-dealkylation sites (tertiary alicyclic amines) is 1. The van der Waals surface area contributed by atoms with Crippen molar-refractivity contribution in [3.8, 4) is 5.75 Å². The first-order valence-electron chi connectivity index (χ1n) is 9.23. The maximum Gasteiger partial charge on any atom is 0.236 e. The highest BCUT2D eigenvalue weighted by Crippen LogP contribution is 2.24. The van der Waals surface area contributed by atoms with Crippen molar-refractivity contribution in [2.24, 2.45) is 0 Å². The second-order valence-corrected chi connectivity index (χ2v) is 7.09. The van der Waals surface area contributed by atoms with Crippen LogP contribution in [0.1, 0.15) is 19.3 Å². The van der Waals surface area contributed by atoms with Gasteiger partial charge in [0.25, 0.3) is 0 Å². The van der Waals surface area contributed by atoms with Crippen LogP contribution in [0.5, 0.6) is 5.75 Å². The van der Waals surface area contributed by atoms with E-state index in [1.807, 2.05) is 4.90 Å². The van der Waals surface area contributed by atoms with Crippen LogP contribution < -0.4 is 4.74 Å². The van der Waals surface area contributed by atoms with E-state index in [-0.39, 0.29) is 18.3 Å². The summed E-state index contributed by atoms with van der Waals surface area (Å²) < 4.78 is 23.9. The average molecular weight is 366 g/mol. The first kappa shape index (κ1) is 19.1. The van der Waals surface area contributed by atoms with E-state index in [2.05, 4.69) is 4.90 Å². The van der Waals surface area contributed by atoms with Crippen LogP contribution in [0.4, 0.5) is 4.39 Å². The summed E-state index contributed by atoms with van der Waals surface area (Å²) in [5.41, 5.74) is -0.970. The van der Waals surface area contributed by atoms with E-state index in [0.29, 0.717) is 51.4 Å². The van der Waals surface area contributed by atoms with Gasteiger partial charge < -0.3 is 19.5 Å². The van der Waals surface area contributed by atoms with E-state index in [9.17, 15) is 14.3 Å². The quantitative estimate of drug-likeness (QED) is 0.851. The molecule has 0 saturated carbocycles. The molecule has 0 bridgehead atoms. The largest absolute Gasteiger partial charge is 0.491 e. The summed E-state index contributed by atoms with van der Waals surface area (Å²) in [5, 5.41) is 10.8. The number of nitrogens with zero attached hydrogens (tertiary/aromatic N) is 2. The lowest BCUT2D eigenvalue weighted by Crippen LogP contribution is -2.45. The minimum Gasteiger partial charge on any atom is -0.491 e. The minimum absolute atomic E-state index is 0.107. The molecular weight excluding hydrogens is 339 g/mol. The Hall–Kier alpha value is -1.70. The van der Waals surface area contributed by atoms with Gasteiger partial charge in [0.2, 0.25) is 5.91 Å². The monoisotopic (exact) mass is 366 g/mol. The van der Waals surface area contributed by atoms with E-state index in [1.165, 1.54) is 12.1 Å². The predicted octanol–water partition coefficient (Wildman–Crippen LogP) is 1.28. The number of carbonyl (C=O) groups is 1. The molecule has 144 valence electrons. The molecule has 3 rings (SSSR count). The molecule has 1 aromatic carbocycles. The Morgan fingerprint density at radius 3 is 2.62 bits per heavy atom. The fourth-order valence-electron chi connectivity index (χ4n) is 3.37. The van der Waals surface area contributed by atoms with Gasteiger partial charge in [0, 0.05) is 26.2 Å². The lowest BCUT2D eigenvalue weighted by molar-refractivity contribution is -0.133. The zero-order valence-corrected chi connectivity index (χ0v) is 15.0. The average Bonchev–Trinajstić information content (AvgIpc) is 2.84. The van der Waals surface area contributed by atoms with E-state index >= 15 is 0 Å². The fraction of sp³-hybridized carbons (Fsp3) is 0.632. The van der Waals surface area contributed by atoms with Gasteiger partial charge in [0.05, 0.1) is 19.8 Å². The summed E-state index contributed by atoms with van der Waals surface area (Å²) in [6.45, 7) is 4.65. The third-order valence-electron chi connectivity index (χ3n) is 5.05. The van der Waals surface area contributed by atoms with E-state index < -0.39 is 5.60 Å². The molecule has 1 atom stereocenters. The predicted molar refractivity (Wildman–Crippen MR) is 94.5 cm³/mol. The molecule has 0 aliphatic carbocycles. The van der Waals surface area contributed by atoms with Crippen LogP contribution >= 0.6 is 0 Å². The van der Waals surface area contributed by atoms with E-state index in [1.54, 1.807) is 12.1 Å². The third-order valence-corrected chi connectivity index (χ3v) is 5.05. The topological polar surface area (TPSA) is 62.2 Å². The number of amides is 1. The molecule has 7 heteroatoms. The number of halogens is 1. The molecule has 1 N–H and O–H groups in total. The zero-order chi connectivity index (χ0) is 18.4. The SMILES string of the molecule is O=C(CN1CCOCC1)N1CCCC(O)(COc2ccc(F)cc2)CC1. The van der Waals surface area contributed by atoms with Gasteiger partial charge in [-0.2, -0.15) is 0 Å². The Morgan fingerprint density at radius 1 is 1.15 bits per heavy atom. The maximum atomic E-state index is 12.9. The van der Waals surface area contributed by atoms with Crippen molar-refractivity contribution in [2.45, 2.75) is 24.9 Å². The molecule has 26 heavy (non-hydrogen) atoms. The van der Waals surface area contributed by atoms with Crippen molar-refractivity contribution in [1.29, 1.82) is 0 Å². The van der Waals surface area contributed by atoms with Crippen molar-refractivity contribution < 1.29 is 23.8 Å². The van der Waals surface area contributed by atoms with Crippen LogP contribution in [0.25, 0.3) is 0 Å². The van der Waals surface area contributed by atoms with Gasteiger partial charge in [-0.15, -0.1) is 0 Å². The van der Waals surface area contributed by atoms with Gasteiger partial charge in [-0.1, -0.05) is 0 Å². The summed E-state index contributed by atoms with van der Waals surface area (Å²) in [6.07, 6.45) is 1.79. The van der Waals surface area contributed by atoms with Gasteiger partial charge in [-0.05, 0) is 43.5 Å². The van der Waals surface area contributed by atoms with Gasteiger partial charge in [0.1, 0.15) is 23.8 Å². The van der Waals surface area contributed by atoms with Crippen molar-refractivity contribution in [2.75, 3.05) is 52.5 Å². The first-order chi connectivity index (χ1) is 12.5. The Bertz CT molecular complexity index is 592. The van der Waals surface area contributed by atoms with Crippen LogP contribution in [0.2, 0.25) is 0 Å². The number of benzene rings is 1. The number of morpholine rings is 1. The Kier molecular flexibility index (Phi) is 6.45. The number of hydrogen-bond acceptors (Lipinski definition) is 5. The molecule has 2 saturated heterocycles. The zero-order valence-electron chi connectivity index (χ0n) is 15.0. The smallest absolute Gasteiger partial charge is 0.236 e. The first-order valence-corrected chi connectivity index (χ1v) is 9.23. The number of rotatable bonds is 5. The molecule has 6 nitrogen and oxygen atoms in total.